The van der Waals surface area contributed by atoms with Crippen LogP contribution >= 0.6 is 11.6 Å². The number of carbonyl (C=O) groups excluding carboxylic acids is 1. The normalized spacial score (nSPS) is 11.4. The predicted octanol–water partition coefficient (Wildman–Crippen LogP) is 0.886. The van der Waals surface area contributed by atoms with Crippen LogP contribution < -0.4 is 17.0 Å². The average Bonchev–Trinajstić information content (AvgIpc) is 3.24. The van der Waals surface area contributed by atoms with Gasteiger partial charge in [-0.1, -0.05) is 29.8 Å². The van der Waals surface area contributed by atoms with Gasteiger partial charge in [0.15, 0.2) is 11.2 Å². The van der Waals surface area contributed by atoms with Crippen molar-refractivity contribution in [2.24, 2.45) is 12.8 Å². The third-order valence-electron chi connectivity index (χ3n) is 5.01. The number of aromatic nitrogens is 6. The van der Waals surface area contributed by atoms with Gasteiger partial charge in [-0.25, -0.2) is 14.0 Å². The van der Waals surface area contributed by atoms with Crippen LogP contribution in [0.15, 0.2) is 39.9 Å². The minimum absolute atomic E-state index is 0.144. The number of aryl methyl sites for hydroxylation is 3. The summed E-state index contributed by atoms with van der Waals surface area (Å²) in [4.78, 5) is 42.0. The molecule has 10 nitrogen and oxygen atoms in total. The third-order valence-corrected chi connectivity index (χ3v) is 5.38. The van der Waals surface area contributed by atoms with Crippen molar-refractivity contribution in [3.05, 3.63) is 73.1 Å². The van der Waals surface area contributed by atoms with Crippen molar-refractivity contribution in [1.29, 1.82) is 0 Å². The van der Waals surface area contributed by atoms with Crippen molar-refractivity contribution in [3.63, 3.8) is 0 Å². The molecule has 4 aromatic rings. The fourth-order valence-electron chi connectivity index (χ4n) is 3.60. The van der Waals surface area contributed by atoms with E-state index < -0.39 is 23.7 Å². The highest BCUT2D eigenvalue weighted by Crippen LogP contribution is 2.22. The fraction of sp³-hybridized carbons (Fsp3) is 0.250. The van der Waals surface area contributed by atoms with E-state index in [1.807, 2.05) is 38.1 Å². The Labute approximate surface area is 181 Å². The summed E-state index contributed by atoms with van der Waals surface area (Å²) in [5.41, 5.74) is 6.55. The van der Waals surface area contributed by atoms with Gasteiger partial charge in [0.2, 0.25) is 11.9 Å². The van der Waals surface area contributed by atoms with Crippen LogP contribution in [-0.2, 0) is 24.9 Å². The molecule has 11 heteroatoms. The van der Waals surface area contributed by atoms with Gasteiger partial charge in [-0.2, -0.15) is 10.1 Å². The molecule has 0 aliphatic rings. The maximum Gasteiger partial charge on any atom is 0.332 e. The molecule has 0 radical (unpaired) electrons. The number of nitrogens with two attached hydrogens (primary N) is 1. The van der Waals surface area contributed by atoms with Crippen LogP contribution in [0.2, 0.25) is 5.02 Å². The summed E-state index contributed by atoms with van der Waals surface area (Å²) in [5, 5.41) is 5.00. The smallest absolute Gasteiger partial charge is 0.332 e. The zero-order chi connectivity index (χ0) is 22.4. The zero-order valence-corrected chi connectivity index (χ0v) is 17.9. The topological polar surface area (TPSA) is 123 Å². The summed E-state index contributed by atoms with van der Waals surface area (Å²) in [5.74, 6) is -0.445. The molecule has 0 saturated carbocycles. The van der Waals surface area contributed by atoms with Gasteiger partial charge in [0.05, 0.1) is 12.2 Å². The first-order valence-corrected chi connectivity index (χ1v) is 9.82. The average molecular weight is 442 g/mol. The molecule has 0 bridgehead atoms. The number of benzene rings is 1. The van der Waals surface area contributed by atoms with Crippen LogP contribution in [0, 0.1) is 13.8 Å². The number of rotatable bonds is 5. The van der Waals surface area contributed by atoms with E-state index in [1.165, 1.54) is 11.6 Å². The van der Waals surface area contributed by atoms with Gasteiger partial charge in [-0.3, -0.25) is 18.7 Å². The first-order valence-electron chi connectivity index (χ1n) is 9.44. The number of hydrogen-bond acceptors (Lipinski definition) is 5. The number of imidazole rings is 1. The summed E-state index contributed by atoms with van der Waals surface area (Å²) in [7, 11) is 1.49. The second-order valence-electron chi connectivity index (χ2n) is 7.30. The molecule has 0 aliphatic heterocycles. The lowest BCUT2D eigenvalue weighted by Gasteiger charge is -2.12. The molecule has 31 heavy (non-hydrogen) atoms. The fourth-order valence-corrected chi connectivity index (χ4v) is 3.79. The highest BCUT2D eigenvalue weighted by Gasteiger charge is 2.23. The van der Waals surface area contributed by atoms with Crippen molar-refractivity contribution in [2.75, 3.05) is 0 Å². The molecule has 4 rings (SSSR count). The summed E-state index contributed by atoms with van der Waals surface area (Å²) in [6.45, 7) is 3.38. The van der Waals surface area contributed by atoms with Crippen molar-refractivity contribution in [3.8, 4) is 5.95 Å². The predicted molar refractivity (Wildman–Crippen MR) is 116 cm³/mol. The molecular formula is C20H20ClN7O3. The molecule has 0 aliphatic carbocycles. The van der Waals surface area contributed by atoms with Crippen LogP contribution in [0.1, 0.15) is 17.0 Å². The Balaban J connectivity index is 2.11. The van der Waals surface area contributed by atoms with Crippen LogP contribution in [0.5, 0.6) is 0 Å². The maximum atomic E-state index is 13.3. The Morgan fingerprint density at radius 3 is 2.48 bits per heavy atom. The lowest BCUT2D eigenvalue weighted by atomic mass is 10.2. The van der Waals surface area contributed by atoms with Gasteiger partial charge in [0.25, 0.3) is 5.56 Å². The van der Waals surface area contributed by atoms with Crippen molar-refractivity contribution >= 4 is 28.7 Å². The molecule has 0 fully saturated rings. The standard InChI is InChI=1S/C20H20ClN7O3/c1-11-8-12(2)28(24-11)19-23-17-16(26(19)9-13-6-4-5-7-14(13)21)18(30)27(10-15(22)29)20(31)25(17)3/h4-8H,9-10H2,1-3H3,(H2,22,29). The maximum absolute atomic E-state index is 13.3. The second kappa shape index (κ2) is 7.55. The Hall–Kier alpha value is -3.66. The molecule has 3 heterocycles. The van der Waals surface area contributed by atoms with Crippen LogP contribution in [-0.4, -0.2) is 34.4 Å². The van der Waals surface area contributed by atoms with Gasteiger partial charge < -0.3 is 5.73 Å². The number of hydrogen-bond donors (Lipinski definition) is 1. The molecule has 1 amide bonds. The quantitative estimate of drug-likeness (QED) is 0.492. The first kappa shape index (κ1) is 20.6. The van der Waals surface area contributed by atoms with E-state index in [1.54, 1.807) is 15.3 Å². The highest BCUT2D eigenvalue weighted by molar-refractivity contribution is 6.31. The third kappa shape index (κ3) is 3.44. The van der Waals surface area contributed by atoms with Crippen molar-refractivity contribution < 1.29 is 4.79 Å². The van der Waals surface area contributed by atoms with E-state index in [0.29, 0.717) is 11.0 Å². The molecule has 0 spiro atoms. The van der Waals surface area contributed by atoms with Gasteiger partial charge in [0, 0.05) is 17.8 Å². The SMILES string of the molecule is Cc1cc(C)n(-c2nc3c(c(=O)n(CC(N)=O)c(=O)n3C)n2Cc2ccccc2Cl)n1. The summed E-state index contributed by atoms with van der Waals surface area (Å²) in [6, 6.07) is 9.11. The van der Waals surface area contributed by atoms with Gasteiger partial charge >= 0.3 is 5.69 Å². The lowest BCUT2D eigenvalue weighted by Crippen LogP contribution is -2.42. The van der Waals surface area contributed by atoms with E-state index in [2.05, 4.69) is 10.1 Å². The summed E-state index contributed by atoms with van der Waals surface area (Å²) >= 11 is 6.37. The molecular weight excluding hydrogens is 422 g/mol. The number of halogens is 1. The molecule has 0 unspecified atom stereocenters. The molecule has 0 atom stereocenters. The van der Waals surface area contributed by atoms with E-state index in [9.17, 15) is 14.4 Å². The molecule has 160 valence electrons. The Bertz CT molecular complexity index is 1460. The monoisotopic (exact) mass is 441 g/mol. The zero-order valence-electron chi connectivity index (χ0n) is 17.2. The first-order chi connectivity index (χ1) is 14.7. The second-order valence-corrected chi connectivity index (χ2v) is 7.71. The molecule has 2 N–H and O–H groups in total. The summed E-state index contributed by atoms with van der Waals surface area (Å²) < 4.78 is 5.28. The summed E-state index contributed by atoms with van der Waals surface area (Å²) in [6.07, 6.45) is 0. The van der Waals surface area contributed by atoms with E-state index in [0.717, 1.165) is 21.5 Å². The van der Waals surface area contributed by atoms with Gasteiger partial charge in [-0.05, 0) is 31.5 Å². The number of fused-ring (bicyclic) bond motifs is 1. The molecule has 3 aromatic heterocycles. The largest absolute Gasteiger partial charge is 0.368 e. The van der Waals surface area contributed by atoms with Crippen molar-refractivity contribution in [2.45, 2.75) is 26.9 Å². The Kier molecular flexibility index (Phi) is 5.02. The number of carbonyl (C=O) groups is 1. The number of amides is 1. The number of nitrogens with zero attached hydrogens (tertiary/aromatic N) is 6. The van der Waals surface area contributed by atoms with Gasteiger partial charge in [0.1, 0.15) is 6.54 Å². The number of primary amides is 1. The van der Waals surface area contributed by atoms with Crippen LogP contribution in [0.4, 0.5) is 0 Å². The van der Waals surface area contributed by atoms with E-state index >= 15 is 0 Å². The van der Waals surface area contributed by atoms with Crippen LogP contribution in [0.3, 0.4) is 0 Å². The minimum atomic E-state index is -0.797. The van der Waals surface area contributed by atoms with E-state index in [-0.39, 0.29) is 17.7 Å². The Morgan fingerprint density at radius 1 is 1.16 bits per heavy atom. The highest BCUT2D eigenvalue weighted by atomic mass is 35.5. The van der Waals surface area contributed by atoms with Crippen molar-refractivity contribution in [1.82, 2.24) is 28.5 Å². The lowest BCUT2D eigenvalue weighted by molar-refractivity contribution is -0.118. The minimum Gasteiger partial charge on any atom is -0.368 e. The Morgan fingerprint density at radius 2 is 1.87 bits per heavy atom. The molecule has 0 saturated heterocycles. The van der Waals surface area contributed by atoms with Gasteiger partial charge in [-0.15, -0.1) is 0 Å². The molecule has 1 aromatic carbocycles. The van der Waals surface area contributed by atoms with E-state index in [4.69, 9.17) is 17.3 Å². The van der Waals surface area contributed by atoms with Crippen LogP contribution in [0.25, 0.3) is 17.1 Å².